The molecule has 1 aromatic heterocycles. The highest BCUT2D eigenvalue weighted by Gasteiger charge is 2.41. The van der Waals surface area contributed by atoms with Gasteiger partial charge in [-0.25, -0.2) is 9.59 Å². The number of carboxylic acids is 1. The predicted molar refractivity (Wildman–Crippen MR) is 115 cm³/mol. The highest BCUT2D eigenvalue weighted by atomic mass is 16.6. The van der Waals surface area contributed by atoms with Crippen molar-refractivity contribution in [1.29, 1.82) is 0 Å². The normalized spacial score (nSPS) is 20.3. The molecule has 0 spiro atoms. The SMILES string of the molecule is C[C@@H](NC(=O)OC(C)(C)C)c1ccc2ccc(CCC3(C(=O)O)COCCO3)cc2n1. The van der Waals surface area contributed by atoms with Gasteiger partial charge in [-0.1, -0.05) is 18.2 Å². The largest absolute Gasteiger partial charge is 0.479 e. The Morgan fingerprint density at radius 2 is 2.00 bits per heavy atom. The van der Waals surface area contributed by atoms with E-state index < -0.39 is 23.3 Å². The summed E-state index contributed by atoms with van der Waals surface area (Å²) in [5, 5.41) is 13.4. The summed E-state index contributed by atoms with van der Waals surface area (Å²) in [5.41, 5.74) is 0.559. The first kappa shape index (κ1) is 23.0. The molecule has 168 valence electrons. The Bertz CT molecular complexity index is 947. The molecule has 0 aliphatic carbocycles. The highest BCUT2D eigenvalue weighted by Crippen LogP contribution is 2.25. The van der Waals surface area contributed by atoms with E-state index in [2.05, 4.69) is 10.3 Å². The molecule has 1 aliphatic rings. The molecule has 1 aromatic carbocycles. The third-order valence-electron chi connectivity index (χ3n) is 5.10. The second-order valence-corrected chi connectivity index (χ2v) is 8.83. The van der Waals surface area contributed by atoms with Gasteiger partial charge in [0.15, 0.2) is 5.60 Å². The van der Waals surface area contributed by atoms with Crippen molar-refractivity contribution in [2.45, 2.75) is 57.8 Å². The van der Waals surface area contributed by atoms with Gasteiger partial charge in [-0.05, 0) is 58.2 Å². The molecule has 1 amide bonds. The lowest BCUT2D eigenvalue weighted by molar-refractivity contribution is -0.195. The number of hydrogen-bond acceptors (Lipinski definition) is 6. The molecule has 2 atom stereocenters. The van der Waals surface area contributed by atoms with Crippen LogP contribution in [0, 0.1) is 0 Å². The summed E-state index contributed by atoms with van der Waals surface area (Å²) in [4.78, 5) is 28.5. The summed E-state index contributed by atoms with van der Waals surface area (Å²) in [6.45, 7) is 8.01. The molecule has 0 saturated carbocycles. The van der Waals surface area contributed by atoms with Crippen molar-refractivity contribution in [3.8, 4) is 0 Å². The number of rotatable bonds is 6. The highest BCUT2D eigenvalue weighted by molar-refractivity contribution is 5.80. The maximum absolute atomic E-state index is 12.0. The van der Waals surface area contributed by atoms with Crippen LogP contribution >= 0.6 is 0 Å². The van der Waals surface area contributed by atoms with E-state index in [0.29, 0.717) is 25.1 Å². The maximum Gasteiger partial charge on any atom is 0.408 e. The number of pyridine rings is 1. The van der Waals surface area contributed by atoms with Crippen molar-refractivity contribution in [2.24, 2.45) is 0 Å². The first-order chi connectivity index (χ1) is 14.6. The number of nitrogens with zero attached hydrogens (tertiary/aromatic N) is 1. The molecule has 1 aliphatic heterocycles. The van der Waals surface area contributed by atoms with Crippen LogP contribution in [-0.2, 0) is 25.4 Å². The number of aromatic nitrogens is 1. The average molecular weight is 431 g/mol. The first-order valence-corrected chi connectivity index (χ1v) is 10.4. The Morgan fingerprint density at radius 3 is 2.65 bits per heavy atom. The third kappa shape index (κ3) is 5.92. The van der Waals surface area contributed by atoms with E-state index in [9.17, 15) is 14.7 Å². The van der Waals surface area contributed by atoms with Crippen LogP contribution < -0.4 is 5.32 Å². The van der Waals surface area contributed by atoms with Crippen molar-refractivity contribution in [1.82, 2.24) is 10.3 Å². The number of nitrogens with one attached hydrogen (secondary N) is 1. The van der Waals surface area contributed by atoms with Gasteiger partial charge in [0, 0.05) is 5.39 Å². The lowest BCUT2D eigenvalue weighted by Crippen LogP contribution is -2.50. The molecule has 2 heterocycles. The van der Waals surface area contributed by atoms with Gasteiger partial charge in [0.05, 0.1) is 37.1 Å². The zero-order chi connectivity index (χ0) is 22.6. The van der Waals surface area contributed by atoms with Crippen LogP contribution in [0.15, 0.2) is 30.3 Å². The van der Waals surface area contributed by atoms with Crippen molar-refractivity contribution in [3.05, 3.63) is 41.6 Å². The van der Waals surface area contributed by atoms with E-state index in [1.807, 2.05) is 58.0 Å². The molecule has 8 heteroatoms. The Balaban J connectivity index is 1.72. The van der Waals surface area contributed by atoms with E-state index in [1.54, 1.807) is 0 Å². The van der Waals surface area contributed by atoms with Gasteiger partial charge in [-0.3, -0.25) is 4.98 Å². The second kappa shape index (κ2) is 9.20. The van der Waals surface area contributed by atoms with E-state index in [-0.39, 0.29) is 19.3 Å². The fourth-order valence-corrected chi connectivity index (χ4v) is 3.43. The standard InChI is InChI=1S/C23H30N2O6/c1-15(24-21(28)31-22(2,3)4)18-8-7-17-6-5-16(13-19(17)25-18)9-10-23(20(26)27)14-29-11-12-30-23/h5-8,13,15H,9-12,14H2,1-4H3,(H,24,28)(H,26,27)/t15-,23?/m1/s1. The second-order valence-electron chi connectivity index (χ2n) is 8.83. The van der Waals surface area contributed by atoms with Gasteiger partial charge in [-0.2, -0.15) is 0 Å². The number of ether oxygens (including phenoxy) is 3. The number of carbonyl (C=O) groups is 2. The first-order valence-electron chi connectivity index (χ1n) is 10.4. The monoisotopic (exact) mass is 430 g/mol. The molecule has 2 N–H and O–H groups in total. The van der Waals surface area contributed by atoms with Gasteiger partial charge in [0.1, 0.15) is 5.60 Å². The summed E-state index contributed by atoms with van der Waals surface area (Å²) in [5.74, 6) is -1.00. The molecular formula is C23H30N2O6. The fourth-order valence-electron chi connectivity index (χ4n) is 3.43. The predicted octanol–water partition coefficient (Wildman–Crippen LogP) is 3.62. The lowest BCUT2D eigenvalue weighted by Gasteiger charge is -2.33. The number of aryl methyl sites for hydroxylation is 1. The van der Waals surface area contributed by atoms with Crippen LogP contribution in [0.5, 0.6) is 0 Å². The van der Waals surface area contributed by atoms with Crippen LogP contribution in [0.3, 0.4) is 0 Å². The van der Waals surface area contributed by atoms with E-state index >= 15 is 0 Å². The third-order valence-corrected chi connectivity index (χ3v) is 5.10. The minimum atomic E-state index is -1.31. The topological polar surface area (TPSA) is 107 Å². The molecule has 1 saturated heterocycles. The summed E-state index contributed by atoms with van der Waals surface area (Å²) in [6, 6.07) is 9.36. The molecule has 0 bridgehead atoms. The van der Waals surface area contributed by atoms with E-state index in [4.69, 9.17) is 14.2 Å². The number of aliphatic carboxylic acids is 1. The van der Waals surface area contributed by atoms with Crippen molar-refractivity contribution < 1.29 is 28.9 Å². The van der Waals surface area contributed by atoms with Gasteiger partial charge in [-0.15, -0.1) is 0 Å². The molecule has 1 unspecified atom stereocenters. The molecule has 3 rings (SSSR count). The van der Waals surface area contributed by atoms with Crippen LogP contribution in [0.25, 0.3) is 10.9 Å². The maximum atomic E-state index is 12.0. The van der Waals surface area contributed by atoms with Gasteiger partial charge < -0.3 is 24.6 Å². The van der Waals surface area contributed by atoms with Gasteiger partial charge >= 0.3 is 12.1 Å². The van der Waals surface area contributed by atoms with E-state index in [0.717, 1.165) is 16.5 Å². The van der Waals surface area contributed by atoms with Gasteiger partial charge in [0.2, 0.25) is 0 Å². The Morgan fingerprint density at radius 1 is 1.26 bits per heavy atom. The van der Waals surface area contributed by atoms with Crippen LogP contribution in [0.2, 0.25) is 0 Å². The Hall–Kier alpha value is -2.71. The summed E-state index contributed by atoms with van der Waals surface area (Å²) in [6.07, 6.45) is 0.331. The van der Waals surface area contributed by atoms with Crippen LogP contribution in [-0.4, -0.2) is 53.2 Å². The molecule has 2 aromatic rings. The minimum Gasteiger partial charge on any atom is -0.479 e. The molecule has 0 radical (unpaired) electrons. The number of carboxylic acid groups (broad SMARTS) is 1. The molecule has 8 nitrogen and oxygen atoms in total. The summed E-state index contributed by atoms with van der Waals surface area (Å²) < 4.78 is 16.2. The van der Waals surface area contributed by atoms with Crippen molar-refractivity contribution in [2.75, 3.05) is 19.8 Å². The van der Waals surface area contributed by atoms with Crippen molar-refractivity contribution in [3.63, 3.8) is 0 Å². The fraction of sp³-hybridized carbons (Fsp3) is 0.522. The molecular weight excluding hydrogens is 400 g/mol. The summed E-state index contributed by atoms with van der Waals surface area (Å²) in [7, 11) is 0. The molecule has 1 fully saturated rings. The zero-order valence-corrected chi connectivity index (χ0v) is 18.4. The quantitative estimate of drug-likeness (QED) is 0.721. The minimum absolute atomic E-state index is 0.0478. The number of benzene rings is 1. The molecule has 31 heavy (non-hydrogen) atoms. The number of amides is 1. The summed E-state index contributed by atoms with van der Waals surface area (Å²) >= 11 is 0. The lowest BCUT2D eigenvalue weighted by atomic mass is 9.94. The number of fused-ring (bicyclic) bond motifs is 1. The van der Waals surface area contributed by atoms with Crippen molar-refractivity contribution >= 4 is 23.0 Å². The number of carbonyl (C=O) groups excluding carboxylic acids is 1. The average Bonchev–Trinajstić information content (AvgIpc) is 2.70. The van der Waals surface area contributed by atoms with Crippen LogP contribution in [0.4, 0.5) is 4.79 Å². The van der Waals surface area contributed by atoms with Crippen LogP contribution in [0.1, 0.15) is 51.4 Å². The Kier molecular flexibility index (Phi) is 6.81. The number of hydrogen-bond donors (Lipinski definition) is 2. The van der Waals surface area contributed by atoms with E-state index in [1.165, 1.54) is 0 Å². The van der Waals surface area contributed by atoms with Gasteiger partial charge in [0.25, 0.3) is 0 Å². The zero-order valence-electron chi connectivity index (χ0n) is 18.4. The number of alkyl carbamates (subject to hydrolysis) is 1. The smallest absolute Gasteiger partial charge is 0.408 e. The Labute approximate surface area is 181 Å².